The number of hydrogen-bond acceptors (Lipinski definition) is 7. The third-order valence-corrected chi connectivity index (χ3v) is 8.41. The highest BCUT2D eigenvalue weighted by Gasteiger charge is 2.30. The summed E-state index contributed by atoms with van der Waals surface area (Å²) in [5, 5.41) is 9.34. The molecule has 2 amide bonds. The Labute approximate surface area is 254 Å². The fourth-order valence-electron chi connectivity index (χ4n) is 5.95. The van der Waals surface area contributed by atoms with Gasteiger partial charge in [-0.2, -0.15) is 0 Å². The van der Waals surface area contributed by atoms with Crippen molar-refractivity contribution in [3.05, 3.63) is 59.2 Å². The number of nitrogens with zero attached hydrogens (tertiary/aromatic N) is 3. The summed E-state index contributed by atoms with van der Waals surface area (Å²) < 4.78 is 16.6. The molecule has 0 bridgehead atoms. The van der Waals surface area contributed by atoms with Crippen LogP contribution in [0, 0.1) is 12.8 Å². The second-order valence-electron chi connectivity index (χ2n) is 11.6. The van der Waals surface area contributed by atoms with Gasteiger partial charge in [-0.05, 0) is 87.4 Å². The molecule has 0 spiro atoms. The minimum atomic E-state index is -0.859. The predicted octanol–water partition coefficient (Wildman–Crippen LogP) is 4.86. The summed E-state index contributed by atoms with van der Waals surface area (Å²) in [6.07, 6.45) is 2.34. The molecule has 1 saturated heterocycles. The van der Waals surface area contributed by atoms with Gasteiger partial charge in [-0.3, -0.25) is 9.69 Å². The van der Waals surface area contributed by atoms with E-state index in [2.05, 4.69) is 24.0 Å². The second kappa shape index (κ2) is 15.2. The summed E-state index contributed by atoms with van der Waals surface area (Å²) in [6.45, 7) is 9.01. The summed E-state index contributed by atoms with van der Waals surface area (Å²) in [6, 6.07) is 13.8. The van der Waals surface area contributed by atoms with E-state index in [0.29, 0.717) is 32.8 Å². The van der Waals surface area contributed by atoms with Crippen molar-refractivity contribution in [1.82, 2.24) is 9.80 Å². The molecule has 1 saturated carbocycles. The van der Waals surface area contributed by atoms with Gasteiger partial charge in [0.1, 0.15) is 12.4 Å². The third-order valence-electron chi connectivity index (χ3n) is 8.41. The number of carboxylic acid groups (broad SMARTS) is 1. The highest BCUT2D eigenvalue weighted by Crippen LogP contribution is 2.31. The topological polar surface area (TPSA) is 109 Å². The minimum Gasteiger partial charge on any atom is -0.490 e. The average molecular weight is 596 g/mol. The van der Waals surface area contributed by atoms with Gasteiger partial charge >= 0.3 is 12.1 Å². The summed E-state index contributed by atoms with van der Waals surface area (Å²) in [4.78, 5) is 41.8. The predicted molar refractivity (Wildman–Crippen MR) is 163 cm³/mol. The zero-order valence-corrected chi connectivity index (χ0v) is 25.8. The van der Waals surface area contributed by atoms with Crippen LogP contribution in [-0.4, -0.2) is 84.9 Å². The molecule has 10 heteroatoms. The molecular weight excluding hydrogens is 550 g/mol. The Kier molecular flexibility index (Phi) is 11.4. The molecule has 10 nitrogen and oxygen atoms in total. The number of carbonyl (C=O) groups excluding carboxylic acids is 2. The van der Waals surface area contributed by atoms with Crippen LogP contribution in [0.15, 0.2) is 42.5 Å². The molecule has 0 radical (unpaired) electrons. The molecule has 43 heavy (non-hydrogen) atoms. The van der Waals surface area contributed by atoms with E-state index in [-0.39, 0.29) is 36.5 Å². The Morgan fingerprint density at radius 2 is 1.81 bits per heavy atom. The van der Waals surface area contributed by atoms with Crippen LogP contribution in [0.3, 0.4) is 0 Å². The minimum absolute atomic E-state index is 0.0380. The largest absolute Gasteiger partial charge is 0.490 e. The number of piperazine rings is 1. The van der Waals surface area contributed by atoms with Crippen molar-refractivity contribution in [2.24, 2.45) is 5.92 Å². The smallest absolute Gasteiger partial charge is 0.407 e. The maximum absolute atomic E-state index is 13.4. The first-order valence-corrected chi connectivity index (χ1v) is 15.2. The molecule has 2 aromatic rings. The van der Waals surface area contributed by atoms with Gasteiger partial charge in [0.25, 0.3) is 0 Å². The summed E-state index contributed by atoms with van der Waals surface area (Å²) in [7, 11) is 1.85. The van der Waals surface area contributed by atoms with Crippen molar-refractivity contribution in [3.8, 4) is 5.75 Å². The van der Waals surface area contributed by atoms with Gasteiger partial charge in [0, 0.05) is 50.9 Å². The van der Waals surface area contributed by atoms with E-state index in [1.165, 1.54) is 10.5 Å². The summed E-state index contributed by atoms with van der Waals surface area (Å²) in [5.74, 6) is 0.473. The first-order valence-electron chi connectivity index (χ1n) is 15.2. The SMILES string of the molecule is CCOC(=O)COCc1cccc(OC2CCC(C(=O)N(C)c3ccc(CN4CCN(C(=O)O)[C@@H](C)C4)c(C)c3)CC2)c1. The zero-order chi connectivity index (χ0) is 30.9. The molecule has 1 aliphatic carbocycles. The highest BCUT2D eigenvalue weighted by molar-refractivity contribution is 5.94. The van der Waals surface area contributed by atoms with Gasteiger partial charge in [-0.1, -0.05) is 18.2 Å². The summed E-state index contributed by atoms with van der Waals surface area (Å²) in [5.41, 5.74) is 4.11. The molecule has 2 fully saturated rings. The number of aryl methyl sites for hydroxylation is 1. The quantitative estimate of drug-likeness (QED) is 0.367. The number of hydrogen-bond donors (Lipinski definition) is 1. The fraction of sp³-hybridized carbons (Fsp3) is 0.545. The molecule has 2 aromatic carbocycles. The normalized spacial score (nSPS) is 20.8. The number of carbonyl (C=O) groups is 3. The van der Waals surface area contributed by atoms with E-state index < -0.39 is 6.09 Å². The van der Waals surface area contributed by atoms with Crippen molar-refractivity contribution in [3.63, 3.8) is 0 Å². The van der Waals surface area contributed by atoms with Crippen LogP contribution in [0.4, 0.5) is 10.5 Å². The van der Waals surface area contributed by atoms with Gasteiger partial charge in [-0.25, -0.2) is 9.59 Å². The van der Waals surface area contributed by atoms with E-state index in [4.69, 9.17) is 14.2 Å². The zero-order valence-electron chi connectivity index (χ0n) is 25.8. The van der Waals surface area contributed by atoms with Crippen molar-refractivity contribution >= 4 is 23.7 Å². The number of anilines is 1. The maximum Gasteiger partial charge on any atom is 0.407 e. The first-order chi connectivity index (χ1) is 20.6. The van der Waals surface area contributed by atoms with Crippen LogP contribution < -0.4 is 9.64 Å². The van der Waals surface area contributed by atoms with Gasteiger partial charge in [0.05, 0.1) is 19.3 Å². The Hall–Kier alpha value is -3.63. The van der Waals surface area contributed by atoms with E-state index in [1.807, 2.05) is 44.3 Å². The Balaban J connectivity index is 1.24. The van der Waals surface area contributed by atoms with Crippen molar-refractivity contribution in [1.29, 1.82) is 0 Å². The Morgan fingerprint density at radius 3 is 2.49 bits per heavy atom. The number of rotatable bonds is 11. The lowest BCUT2D eigenvalue weighted by Crippen LogP contribution is -2.53. The van der Waals surface area contributed by atoms with E-state index in [0.717, 1.165) is 54.8 Å². The molecule has 234 valence electrons. The first kappa shape index (κ1) is 32.3. The monoisotopic (exact) mass is 595 g/mol. The molecule has 1 heterocycles. The number of benzene rings is 2. The molecule has 0 aromatic heterocycles. The number of ether oxygens (including phenoxy) is 3. The fourth-order valence-corrected chi connectivity index (χ4v) is 5.95. The van der Waals surface area contributed by atoms with E-state index >= 15 is 0 Å². The lowest BCUT2D eigenvalue weighted by atomic mass is 9.86. The highest BCUT2D eigenvalue weighted by atomic mass is 16.6. The van der Waals surface area contributed by atoms with Gasteiger partial charge in [0.15, 0.2) is 0 Å². The van der Waals surface area contributed by atoms with Crippen LogP contribution in [-0.2, 0) is 32.2 Å². The average Bonchev–Trinajstić information content (AvgIpc) is 2.98. The Bertz CT molecular complexity index is 1260. The molecular formula is C33H45N3O7. The molecule has 1 N–H and O–H groups in total. The lowest BCUT2D eigenvalue weighted by molar-refractivity contribution is -0.148. The van der Waals surface area contributed by atoms with Crippen molar-refractivity contribution in [2.75, 3.05) is 44.8 Å². The number of esters is 1. The lowest BCUT2D eigenvalue weighted by Gasteiger charge is -2.38. The van der Waals surface area contributed by atoms with Crippen molar-refractivity contribution in [2.45, 2.75) is 71.8 Å². The number of amides is 2. The second-order valence-corrected chi connectivity index (χ2v) is 11.6. The van der Waals surface area contributed by atoms with E-state index in [1.54, 1.807) is 11.8 Å². The van der Waals surface area contributed by atoms with Crippen molar-refractivity contribution < 1.29 is 33.7 Å². The van der Waals surface area contributed by atoms with Crippen LogP contribution >= 0.6 is 0 Å². The van der Waals surface area contributed by atoms with E-state index in [9.17, 15) is 19.5 Å². The van der Waals surface area contributed by atoms with Crippen LogP contribution in [0.5, 0.6) is 5.75 Å². The molecule has 4 rings (SSSR count). The van der Waals surface area contributed by atoms with Gasteiger partial charge in [0.2, 0.25) is 5.91 Å². The molecule has 1 atom stereocenters. The van der Waals surface area contributed by atoms with Gasteiger partial charge in [-0.15, -0.1) is 0 Å². The van der Waals surface area contributed by atoms with Crippen LogP contribution in [0.1, 0.15) is 56.2 Å². The molecule has 2 aliphatic rings. The van der Waals surface area contributed by atoms with Crippen LogP contribution in [0.2, 0.25) is 0 Å². The Morgan fingerprint density at radius 1 is 1.05 bits per heavy atom. The molecule has 1 aliphatic heterocycles. The van der Waals surface area contributed by atoms with Gasteiger partial charge < -0.3 is 29.1 Å². The standard InChI is InChI=1S/C33H45N3O7/c1-5-42-31(37)22-41-21-25-7-6-8-30(18-25)43-29-13-10-26(11-14-29)32(38)34(4)28-12-9-27(23(2)17-28)20-35-15-16-36(33(39)40)24(3)19-35/h6-9,12,17-18,24,26,29H,5,10-11,13-16,19-22H2,1-4H3,(H,39,40)/t24-,26?,29?/m0/s1. The third kappa shape index (κ3) is 8.93. The molecule has 0 unspecified atom stereocenters. The summed E-state index contributed by atoms with van der Waals surface area (Å²) >= 11 is 0. The maximum atomic E-state index is 13.4. The van der Waals surface area contributed by atoms with Crippen LogP contribution in [0.25, 0.3) is 0 Å².